The average Bonchev–Trinajstić information content (AvgIpc) is 2.38. The summed E-state index contributed by atoms with van der Waals surface area (Å²) in [6, 6.07) is 7.03. The summed E-state index contributed by atoms with van der Waals surface area (Å²) in [6.45, 7) is 3.49. The van der Waals surface area contributed by atoms with E-state index in [9.17, 15) is 14.7 Å². The second kappa shape index (κ2) is 6.57. The summed E-state index contributed by atoms with van der Waals surface area (Å²) in [5.74, 6) is -1.34. The first-order chi connectivity index (χ1) is 8.95. The van der Waals surface area contributed by atoms with Crippen molar-refractivity contribution < 1.29 is 14.7 Å². The van der Waals surface area contributed by atoms with Crippen LogP contribution in [0.3, 0.4) is 0 Å². The zero-order chi connectivity index (χ0) is 14.5. The Balaban J connectivity index is 2.80. The number of amides is 1. The molecule has 0 aliphatic heterocycles. The molecule has 0 radical (unpaired) electrons. The molecule has 0 unspecified atom stereocenters. The van der Waals surface area contributed by atoms with Gasteiger partial charge in [0.15, 0.2) is 0 Å². The summed E-state index contributed by atoms with van der Waals surface area (Å²) in [7, 11) is 0. The van der Waals surface area contributed by atoms with Crippen LogP contribution in [0.4, 0.5) is 0 Å². The van der Waals surface area contributed by atoms with Crippen LogP contribution in [0.2, 0.25) is 5.02 Å². The van der Waals surface area contributed by atoms with Gasteiger partial charge in [0.25, 0.3) is 0 Å². The maximum Gasteiger partial charge on any atom is 0.329 e. The fraction of sp³-hybridized carbons (Fsp3) is 0.429. The topological polar surface area (TPSA) is 66.4 Å². The first-order valence-corrected chi connectivity index (χ1v) is 6.60. The predicted octanol–water partition coefficient (Wildman–Crippen LogP) is 2.64. The van der Waals surface area contributed by atoms with E-state index in [-0.39, 0.29) is 12.3 Å². The van der Waals surface area contributed by atoms with Gasteiger partial charge in [0.2, 0.25) is 5.91 Å². The third-order valence-corrected chi connectivity index (χ3v) is 3.67. The second-order valence-electron chi connectivity index (χ2n) is 4.41. The molecule has 4 nitrogen and oxygen atoms in total. The number of carbonyl (C=O) groups excluding carboxylic acids is 1. The van der Waals surface area contributed by atoms with Crippen molar-refractivity contribution in [1.29, 1.82) is 0 Å². The Hall–Kier alpha value is -1.55. The molecule has 0 bridgehead atoms. The highest BCUT2D eigenvalue weighted by Gasteiger charge is 2.36. The van der Waals surface area contributed by atoms with Crippen molar-refractivity contribution in [2.45, 2.75) is 38.6 Å². The van der Waals surface area contributed by atoms with E-state index in [1.165, 1.54) is 0 Å². The molecule has 5 heteroatoms. The predicted molar refractivity (Wildman–Crippen MR) is 74.2 cm³/mol. The number of rotatable bonds is 6. The lowest BCUT2D eigenvalue weighted by Crippen LogP contribution is -2.54. The lowest BCUT2D eigenvalue weighted by molar-refractivity contribution is -0.148. The summed E-state index contributed by atoms with van der Waals surface area (Å²) in [4.78, 5) is 23.3. The highest BCUT2D eigenvalue weighted by molar-refractivity contribution is 6.31. The van der Waals surface area contributed by atoms with Crippen molar-refractivity contribution in [2.24, 2.45) is 0 Å². The quantitative estimate of drug-likeness (QED) is 0.843. The van der Waals surface area contributed by atoms with E-state index in [1.54, 1.807) is 38.1 Å². The number of aliphatic carboxylic acids is 1. The number of hydrogen-bond donors (Lipinski definition) is 2. The number of carbonyl (C=O) groups is 2. The van der Waals surface area contributed by atoms with Gasteiger partial charge in [-0.3, -0.25) is 4.79 Å². The van der Waals surface area contributed by atoms with Crippen LogP contribution in [0.5, 0.6) is 0 Å². The molecule has 0 spiro atoms. The number of carboxylic acids is 1. The number of halogens is 1. The largest absolute Gasteiger partial charge is 0.480 e. The number of nitrogens with one attached hydrogen (secondary N) is 1. The third-order valence-electron chi connectivity index (χ3n) is 3.30. The highest BCUT2D eigenvalue weighted by atomic mass is 35.5. The van der Waals surface area contributed by atoms with E-state index < -0.39 is 11.5 Å². The van der Waals surface area contributed by atoms with Crippen LogP contribution in [0.1, 0.15) is 32.3 Å². The Bertz CT molecular complexity index is 470. The molecule has 0 aliphatic carbocycles. The van der Waals surface area contributed by atoms with Gasteiger partial charge in [-0.25, -0.2) is 4.79 Å². The first-order valence-electron chi connectivity index (χ1n) is 6.23. The van der Waals surface area contributed by atoms with E-state index in [0.29, 0.717) is 23.4 Å². The third kappa shape index (κ3) is 3.70. The average molecular weight is 284 g/mol. The van der Waals surface area contributed by atoms with Crippen LogP contribution in [0, 0.1) is 0 Å². The molecule has 0 saturated heterocycles. The van der Waals surface area contributed by atoms with Crippen LogP contribution in [0.25, 0.3) is 0 Å². The molecule has 1 rings (SSSR count). The minimum Gasteiger partial charge on any atom is -0.480 e. The summed E-state index contributed by atoms with van der Waals surface area (Å²) in [5, 5.41) is 12.4. The molecule has 2 N–H and O–H groups in total. The molecular formula is C14H18ClNO3. The standard InChI is InChI=1S/C14H18ClNO3/c1-3-14(4-2,13(18)19)16-12(17)9-10-7-5-6-8-11(10)15/h5-8H,3-4,9H2,1-2H3,(H,16,17)(H,18,19). The Morgan fingerprint density at radius 1 is 1.26 bits per heavy atom. The van der Waals surface area contributed by atoms with Crippen molar-refractivity contribution in [3.8, 4) is 0 Å². The number of benzene rings is 1. The van der Waals surface area contributed by atoms with Crippen molar-refractivity contribution in [3.05, 3.63) is 34.9 Å². The van der Waals surface area contributed by atoms with Gasteiger partial charge < -0.3 is 10.4 Å². The lowest BCUT2D eigenvalue weighted by Gasteiger charge is -2.28. The van der Waals surface area contributed by atoms with E-state index >= 15 is 0 Å². The van der Waals surface area contributed by atoms with Crippen LogP contribution in [-0.2, 0) is 16.0 Å². The smallest absolute Gasteiger partial charge is 0.329 e. The molecular weight excluding hydrogens is 266 g/mol. The van der Waals surface area contributed by atoms with Gasteiger partial charge in [0, 0.05) is 5.02 Å². The van der Waals surface area contributed by atoms with E-state index in [2.05, 4.69) is 5.32 Å². The van der Waals surface area contributed by atoms with Crippen LogP contribution in [-0.4, -0.2) is 22.5 Å². The summed E-state index contributed by atoms with van der Waals surface area (Å²) in [6.07, 6.45) is 0.759. The Labute approximate surface area is 117 Å². The lowest BCUT2D eigenvalue weighted by atomic mass is 9.92. The molecule has 0 aliphatic rings. The minimum absolute atomic E-state index is 0.0781. The van der Waals surface area contributed by atoms with Crippen molar-refractivity contribution >= 4 is 23.5 Å². The Morgan fingerprint density at radius 3 is 2.32 bits per heavy atom. The van der Waals surface area contributed by atoms with Gasteiger partial charge in [0.1, 0.15) is 5.54 Å². The molecule has 104 valence electrons. The highest BCUT2D eigenvalue weighted by Crippen LogP contribution is 2.18. The number of carboxylic acid groups (broad SMARTS) is 1. The zero-order valence-corrected chi connectivity index (χ0v) is 11.8. The molecule has 0 aromatic heterocycles. The van der Waals surface area contributed by atoms with E-state index in [0.717, 1.165) is 0 Å². The van der Waals surface area contributed by atoms with Gasteiger partial charge in [0.05, 0.1) is 6.42 Å². The second-order valence-corrected chi connectivity index (χ2v) is 4.82. The van der Waals surface area contributed by atoms with E-state index in [4.69, 9.17) is 11.6 Å². The van der Waals surface area contributed by atoms with Crippen LogP contribution in [0.15, 0.2) is 24.3 Å². The first kappa shape index (κ1) is 15.5. The summed E-state index contributed by atoms with van der Waals surface area (Å²) < 4.78 is 0. The fourth-order valence-electron chi connectivity index (χ4n) is 1.91. The van der Waals surface area contributed by atoms with E-state index in [1.807, 2.05) is 0 Å². The maximum absolute atomic E-state index is 12.0. The molecule has 0 saturated carbocycles. The molecule has 1 amide bonds. The van der Waals surface area contributed by atoms with Crippen LogP contribution >= 0.6 is 11.6 Å². The molecule has 0 fully saturated rings. The van der Waals surface area contributed by atoms with Crippen molar-refractivity contribution in [3.63, 3.8) is 0 Å². The van der Waals surface area contributed by atoms with Crippen LogP contribution < -0.4 is 5.32 Å². The summed E-state index contributed by atoms with van der Waals surface area (Å²) >= 11 is 5.97. The minimum atomic E-state index is -1.20. The molecule has 19 heavy (non-hydrogen) atoms. The normalized spacial score (nSPS) is 11.1. The van der Waals surface area contributed by atoms with Gasteiger partial charge in [-0.1, -0.05) is 43.6 Å². The monoisotopic (exact) mass is 283 g/mol. The zero-order valence-electron chi connectivity index (χ0n) is 11.1. The summed E-state index contributed by atoms with van der Waals surface area (Å²) in [5.41, 5.74) is -0.508. The molecule has 1 aromatic carbocycles. The van der Waals surface area contributed by atoms with Gasteiger partial charge in [-0.2, -0.15) is 0 Å². The Kier molecular flexibility index (Phi) is 5.36. The molecule has 1 aromatic rings. The molecule has 0 atom stereocenters. The number of hydrogen-bond acceptors (Lipinski definition) is 2. The van der Waals surface area contributed by atoms with Crippen molar-refractivity contribution in [1.82, 2.24) is 5.32 Å². The van der Waals surface area contributed by atoms with Gasteiger partial charge >= 0.3 is 5.97 Å². The van der Waals surface area contributed by atoms with Gasteiger partial charge in [-0.05, 0) is 24.5 Å². The SMILES string of the molecule is CCC(CC)(NC(=O)Cc1ccccc1Cl)C(=O)O. The molecule has 0 heterocycles. The fourth-order valence-corrected chi connectivity index (χ4v) is 2.11. The van der Waals surface area contributed by atoms with Crippen molar-refractivity contribution in [2.75, 3.05) is 0 Å². The van der Waals surface area contributed by atoms with Gasteiger partial charge in [-0.15, -0.1) is 0 Å². The Morgan fingerprint density at radius 2 is 1.84 bits per heavy atom. The maximum atomic E-state index is 12.0.